The van der Waals surface area contributed by atoms with Gasteiger partial charge in [0.25, 0.3) is 0 Å². The number of nitrogens with zero attached hydrogens (tertiary/aromatic N) is 1. The molecule has 2 N–H and O–H groups in total. The van der Waals surface area contributed by atoms with Crippen LogP contribution in [0.4, 0.5) is 0 Å². The Morgan fingerprint density at radius 3 is 2.36 bits per heavy atom. The monoisotopic (exact) mass is 515 g/mol. The molecule has 0 amide bonds. The van der Waals surface area contributed by atoms with Crippen molar-refractivity contribution < 1.29 is 8.42 Å². The van der Waals surface area contributed by atoms with E-state index in [2.05, 4.69) is 53.7 Å². The second-order valence-corrected chi connectivity index (χ2v) is 8.82. The predicted molar refractivity (Wildman–Crippen MR) is 127 cm³/mol. The van der Waals surface area contributed by atoms with Gasteiger partial charge in [-0.25, -0.2) is 13.4 Å². The van der Waals surface area contributed by atoms with Crippen LogP contribution >= 0.6 is 24.0 Å². The molecular formula is C21H30IN3O2S. The van der Waals surface area contributed by atoms with Crippen LogP contribution in [0.15, 0.2) is 58.4 Å². The molecule has 0 aliphatic heterocycles. The van der Waals surface area contributed by atoms with Crippen molar-refractivity contribution in [3.8, 4) is 0 Å². The van der Waals surface area contributed by atoms with Crippen molar-refractivity contribution in [2.75, 3.05) is 19.3 Å². The molecule has 2 rings (SSSR count). The largest absolute Gasteiger partial charge is 0.357 e. The summed E-state index contributed by atoms with van der Waals surface area (Å²) in [6.45, 7) is 8.36. The Kier molecular flexibility index (Phi) is 9.95. The van der Waals surface area contributed by atoms with Crippen molar-refractivity contribution in [2.24, 2.45) is 4.99 Å². The number of nitrogens with one attached hydrogen (secondary N) is 2. The number of aryl methyl sites for hydroxylation is 1. The van der Waals surface area contributed by atoms with E-state index in [1.54, 1.807) is 24.3 Å². The highest BCUT2D eigenvalue weighted by atomic mass is 127. The zero-order valence-corrected chi connectivity index (χ0v) is 20.0. The highest BCUT2D eigenvalue weighted by molar-refractivity contribution is 14.0. The van der Waals surface area contributed by atoms with Crippen LogP contribution in [0.2, 0.25) is 0 Å². The lowest BCUT2D eigenvalue weighted by atomic mass is 9.99. The van der Waals surface area contributed by atoms with Crippen LogP contribution in [-0.2, 0) is 16.4 Å². The fourth-order valence-electron chi connectivity index (χ4n) is 2.70. The summed E-state index contributed by atoms with van der Waals surface area (Å²) in [5.74, 6) is 1.12. The lowest BCUT2D eigenvalue weighted by Gasteiger charge is -2.16. The maximum Gasteiger partial charge on any atom is 0.191 e. The minimum atomic E-state index is -3.17. The summed E-state index contributed by atoms with van der Waals surface area (Å²) >= 11 is 0. The Morgan fingerprint density at radius 2 is 1.79 bits per heavy atom. The molecule has 1 atom stereocenters. The van der Waals surface area contributed by atoms with Gasteiger partial charge in [0.2, 0.25) is 0 Å². The average Bonchev–Trinajstić information content (AvgIpc) is 2.63. The molecule has 28 heavy (non-hydrogen) atoms. The second-order valence-electron chi connectivity index (χ2n) is 6.81. The quantitative estimate of drug-likeness (QED) is 0.334. The van der Waals surface area contributed by atoms with Crippen molar-refractivity contribution in [1.82, 2.24) is 10.6 Å². The Balaban J connectivity index is 0.00000392. The number of rotatable bonds is 7. The van der Waals surface area contributed by atoms with Gasteiger partial charge in [-0.15, -0.1) is 24.0 Å². The number of hydrogen-bond acceptors (Lipinski definition) is 3. The van der Waals surface area contributed by atoms with E-state index in [1.807, 2.05) is 6.92 Å². The summed E-state index contributed by atoms with van der Waals surface area (Å²) in [5.41, 5.74) is 3.53. The van der Waals surface area contributed by atoms with E-state index in [4.69, 9.17) is 0 Å². The van der Waals surface area contributed by atoms with Crippen molar-refractivity contribution in [2.45, 2.75) is 38.1 Å². The van der Waals surface area contributed by atoms with E-state index in [0.717, 1.165) is 24.6 Å². The minimum absolute atomic E-state index is 0. The van der Waals surface area contributed by atoms with Crippen LogP contribution in [0.3, 0.4) is 0 Å². The zero-order valence-electron chi connectivity index (χ0n) is 16.9. The molecule has 0 aliphatic rings. The molecule has 2 aromatic rings. The SMILES string of the molecule is CCNC(=NCc1ccc(S(C)(=O)=O)cc1)NCC(C)c1cccc(C)c1.I. The number of aliphatic imine (C=N–C) groups is 1. The number of benzene rings is 2. The summed E-state index contributed by atoms with van der Waals surface area (Å²) in [6, 6.07) is 15.4. The van der Waals surface area contributed by atoms with Crippen LogP contribution in [0.25, 0.3) is 0 Å². The van der Waals surface area contributed by atoms with Crippen molar-refractivity contribution in [3.05, 3.63) is 65.2 Å². The second kappa shape index (κ2) is 11.4. The minimum Gasteiger partial charge on any atom is -0.357 e. The normalized spacial score (nSPS) is 12.8. The van der Waals surface area contributed by atoms with Gasteiger partial charge in [0.15, 0.2) is 15.8 Å². The lowest BCUT2D eigenvalue weighted by molar-refractivity contribution is 0.602. The molecule has 2 aromatic carbocycles. The van der Waals surface area contributed by atoms with Gasteiger partial charge in [0.1, 0.15) is 0 Å². The van der Waals surface area contributed by atoms with E-state index in [0.29, 0.717) is 17.4 Å². The first-order chi connectivity index (χ1) is 12.8. The zero-order chi connectivity index (χ0) is 19.9. The van der Waals surface area contributed by atoms with Crippen LogP contribution < -0.4 is 10.6 Å². The van der Waals surface area contributed by atoms with E-state index in [-0.39, 0.29) is 24.0 Å². The molecule has 0 heterocycles. The highest BCUT2D eigenvalue weighted by Gasteiger charge is 2.08. The number of guanidine groups is 1. The van der Waals surface area contributed by atoms with Crippen LogP contribution in [-0.4, -0.2) is 33.7 Å². The molecule has 154 valence electrons. The third-order valence-corrected chi connectivity index (χ3v) is 5.43. The first-order valence-corrected chi connectivity index (χ1v) is 11.1. The standard InChI is InChI=1S/C21H29N3O2S.HI/c1-5-22-21(23-14-17(3)19-8-6-7-16(2)13-19)24-15-18-9-11-20(12-10-18)27(4,25)26;/h6-13,17H,5,14-15H2,1-4H3,(H2,22,23,24);1H. The molecule has 0 saturated heterocycles. The molecule has 0 aromatic heterocycles. The van der Waals surface area contributed by atoms with Gasteiger partial charge in [-0.3, -0.25) is 0 Å². The van der Waals surface area contributed by atoms with Gasteiger partial charge >= 0.3 is 0 Å². The third-order valence-electron chi connectivity index (χ3n) is 4.30. The van der Waals surface area contributed by atoms with Crippen LogP contribution in [0, 0.1) is 6.92 Å². The summed E-state index contributed by atoms with van der Waals surface area (Å²) in [4.78, 5) is 4.93. The van der Waals surface area contributed by atoms with E-state index in [1.165, 1.54) is 17.4 Å². The molecule has 0 fully saturated rings. The Morgan fingerprint density at radius 1 is 1.11 bits per heavy atom. The molecule has 0 bridgehead atoms. The van der Waals surface area contributed by atoms with Crippen LogP contribution in [0.1, 0.15) is 36.5 Å². The summed E-state index contributed by atoms with van der Waals surface area (Å²) in [7, 11) is -3.17. The van der Waals surface area contributed by atoms with E-state index in [9.17, 15) is 8.42 Å². The third kappa shape index (κ3) is 7.79. The summed E-state index contributed by atoms with van der Waals surface area (Å²) < 4.78 is 23.1. The summed E-state index contributed by atoms with van der Waals surface area (Å²) in [5, 5.41) is 6.64. The highest BCUT2D eigenvalue weighted by Crippen LogP contribution is 2.15. The Bertz CT molecular complexity index is 881. The van der Waals surface area contributed by atoms with E-state index >= 15 is 0 Å². The maximum absolute atomic E-state index is 11.5. The molecule has 0 saturated carbocycles. The van der Waals surface area contributed by atoms with Crippen LogP contribution in [0.5, 0.6) is 0 Å². The van der Waals surface area contributed by atoms with Crippen molar-refractivity contribution in [1.29, 1.82) is 0 Å². The van der Waals surface area contributed by atoms with Gasteiger partial charge in [-0.1, -0.05) is 48.9 Å². The predicted octanol–water partition coefficient (Wildman–Crippen LogP) is 3.88. The van der Waals surface area contributed by atoms with Crippen molar-refractivity contribution >= 4 is 39.8 Å². The average molecular weight is 515 g/mol. The maximum atomic E-state index is 11.5. The van der Waals surface area contributed by atoms with Gasteiger partial charge in [0, 0.05) is 19.3 Å². The van der Waals surface area contributed by atoms with E-state index < -0.39 is 9.84 Å². The number of halogens is 1. The topological polar surface area (TPSA) is 70.6 Å². The van der Waals surface area contributed by atoms with Crippen molar-refractivity contribution in [3.63, 3.8) is 0 Å². The molecule has 1 unspecified atom stereocenters. The summed E-state index contributed by atoms with van der Waals surface area (Å²) in [6.07, 6.45) is 1.21. The molecule has 0 aliphatic carbocycles. The molecule has 0 radical (unpaired) electrons. The van der Waals surface area contributed by atoms with Gasteiger partial charge in [0.05, 0.1) is 11.4 Å². The lowest BCUT2D eigenvalue weighted by Crippen LogP contribution is -2.39. The Hall–Kier alpha value is -1.61. The fourth-order valence-corrected chi connectivity index (χ4v) is 3.33. The number of sulfone groups is 1. The number of hydrogen-bond donors (Lipinski definition) is 2. The van der Waals surface area contributed by atoms with Gasteiger partial charge in [-0.05, 0) is 43.0 Å². The Labute approximate surface area is 186 Å². The molecule has 0 spiro atoms. The van der Waals surface area contributed by atoms with Gasteiger partial charge in [-0.2, -0.15) is 0 Å². The smallest absolute Gasteiger partial charge is 0.191 e. The first kappa shape index (κ1) is 24.4. The van der Waals surface area contributed by atoms with Gasteiger partial charge < -0.3 is 10.6 Å². The molecular weight excluding hydrogens is 485 g/mol. The molecule has 5 nitrogen and oxygen atoms in total. The fraction of sp³-hybridized carbons (Fsp3) is 0.381. The first-order valence-electron chi connectivity index (χ1n) is 9.17. The molecule has 7 heteroatoms.